The molecule has 1 aromatic carbocycles. The summed E-state index contributed by atoms with van der Waals surface area (Å²) < 4.78 is 59.0. The molecule has 3 aromatic rings. The van der Waals surface area contributed by atoms with E-state index >= 15 is 4.39 Å². The number of aromatic amines is 1. The standard InChI is InChI=1S/C26H28ClF4N5O2/c1-14-11-19(35-34-14)33-23-15(2)20(25(3,30)31)22(29)18(32-23)12-26(24(37)38)7-9-36(10-8-26)13-16-5-4-6-17(27)21(16)28/h4-6,11H,7-10,12-13H2,1-3H3,(H,37,38)(H2,32,33,34,35). The second-order valence-corrected chi connectivity index (χ2v) is 10.3. The lowest BCUT2D eigenvalue weighted by Gasteiger charge is -2.39. The molecule has 0 amide bonds. The molecule has 38 heavy (non-hydrogen) atoms. The monoisotopic (exact) mass is 553 g/mol. The van der Waals surface area contributed by atoms with Gasteiger partial charge in [-0.2, -0.15) is 5.10 Å². The van der Waals surface area contributed by atoms with E-state index in [0.29, 0.717) is 24.0 Å². The molecule has 204 valence electrons. The Labute approximate surface area is 222 Å². The Bertz CT molecular complexity index is 1350. The van der Waals surface area contributed by atoms with Crippen LogP contribution in [0.15, 0.2) is 24.3 Å². The first-order chi connectivity index (χ1) is 17.8. The number of pyridine rings is 1. The number of piperidine rings is 1. The second kappa shape index (κ2) is 10.5. The normalized spacial score (nSPS) is 16.0. The molecule has 0 unspecified atom stereocenters. The summed E-state index contributed by atoms with van der Waals surface area (Å²) >= 11 is 5.87. The minimum atomic E-state index is -3.54. The minimum Gasteiger partial charge on any atom is -0.481 e. The fourth-order valence-corrected chi connectivity index (χ4v) is 5.09. The van der Waals surface area contributed by atoms with Crippen molar-refractivity contribution in [2.24, 2.45) is 5.41 Å². The second-order valence-electron chi connectivity index (χ2n) is 9.92. The first kappa shape index (κ1) is 27.8. The molecule has 0 spiro atoms. The van der Waals surface area contributed by atoms with Crippen molar-refractivity contribution >= 4 is 29.2 Å². The fourth-order valence-electron chi connectivity index (χ4n) is 4.90. The highest BCUT2D eigenvalue weighted by Gasteiger charge is 2.44. The van der Waals surface area contributed by atoms with Crippen molar-refractivity contribution in [1.29, 1.82) is 0 Å². The zero-order valence-electron chi connectivity index (χ0n) is 21.1. The van der Waals surface area contributed by atoms with Crippen LogP contribution in [-0.4, -0.2) is 44.2 Å². The molecule has 3 N–H and O–H groups in total. The van der Waals surface area contributed by atoms with Crippen LogP contribution in [0.2, 0.25) is 5.02 Å². The number of aryl methyl sites for hydroxylation is 1. The molecule has 0 radical (unpaired) electrons. The Morgan fingerprint density at radius 2 is 1.92 bits per heavy atom. The molecule has 4 rings (SSSR count). The number of halogens is 5. The number of hydrogen-bond acceptors (Lipinski definition) is 5. The van der Waals surface area contributed by atoms with Gasteiger partial charge in [-0.25, -0.2) is 22.5 Å². The minimum absolute atomic E-state index is 0.00161. The summed E-state index contributed by atoms with van der Waals surface area (Å²) in [5.74, 6) is -6.19. The first-order valence-electron chi connectivity index (χ1n) is 12.1. The number of hydrogen-bond donors (Lipinski definition) is 3. The zero-order chi connectivity index (χ0) is 27.8. The lowest BCUT2D eigenvalue weighted by Crippen LogP contribution is -2.45. The maximum absolute atomic E-state index is 15.5. The van der Waals surface area contributed by atoms with Crippen molar-refractivity contribution in [3.63, 3.8) is 0 Å². The first-order valence-corrected chi connectivity index (χ1v) is 12.4. The number of alkyl halides is 2. The van der Waals surface area contributed by atoms with Gasteiger partial charge in [0.25, 0.3) is 5.92 Å². The van der Waals surface area contributed by atoms with Gasteiger partial charge in [-0.3, -0.25) is 14.8 Å². The summed E-state index contributed by atoms with van der Waals surface area (Å²) in [5.41, 5.74) is -1.65. The quantitative estimate of drug-likeness (QED) is 0.291. The van der Waals surface area contributed by atoms with Gasteiger partial charge in [0.2, 0.25) is 0 Å². The maximum atomic E-state index is 15.5. The van der Waals surface area contributed by atoms with Gasteiger partial charge in [0.15, 0.2) is 11.6 Å². The summed E-state index contributed by atoms with van der Waals surface area (Å²) in [7, 11) is 0. The number of nitrogens with one attached hydrogen (secondary N) is 2. The Morgan fingerprint density at radius 3 is 2.50 bits per heavy atom. The third kappa shape index (κ3) is 5.63. The molecule has 1 saturated heterocycles. The van der Waals surface area contributed by atoms with Crippen LogP contribution < -0.4 is 5.32 Å². The van der Waals surface area contributed by atoms with E-state index in [4.69, 9.17) is 11.6 Å². The number of anilines is 2. The molecule has 3 heterocycles. The summed E-state index contributed by atoms with van der Waals surface area (Å²) in [6, 6.07) is 6.31. The van der Waals surface area contributed by atoms with Crippen LogP contribution in [0, 0.1) is 30.9 Å². The van der Waals surface area contributed by atoms with Crippen molar-refractivity contribution < 1.29 is 27.5 Å². The van der Waals surface area contributed by atoms with Crippen LogP contribution in [0.3, 0.4) is 0 Å². The molecule has 1 fully saturated rings. The van der Waals surface area contributed by atoms with Gasteiger partial charge in [0.1, 0.15) is 11.6 Å². The van der Waals surface area contributed by atoms with E-state index < -0.39 is 34.5 Å². The van der Waals surface area contributed by atoms with Crippen molar-refractivity contribution in [1.82, 2.24) is 20.1 Å². The largest absolute Gasteiger partial charge is 0.481 e. The van der Waals surface area contributed by atoms with Gasteiger partial charge in [0, 0.05) is 42.8 Å². The lowest BCUT2D eigenvalue weighted by molar-refractivity contribution is -0.152. The van der Waals surface area contributed by atoms with Crippen molar-refractivity contribution in [2.45, 2.75) is 52.5 Å². The van der Waals surface area contributed by atoms with Crippen LogP contribution in [-0.2, 0) is 23.7 Å². The third-order valence-corrected chi connectivity index (χ3v) is 7.33. The topological polar surface area (TPSA) is 94.1 Å². The number of nitrogens with zero attached hydrogens (tertiary/aromatic N) is 3. The van der Waals surface area contributed by atoms with Crippen molar-refractivity contribution in [3.05, 3.63) is 69.0 Å². The fraction of sp³-hybridized carbons (Fsp3) is 0.423. The van der Waals surface area contributed by atoms with Gasteiger partial charge < -0.3 is 10.4 Å². The highest BCUT2D eigenvalue weighted by molar-refractivity contribution is 6.30. The molecular weight excluding hydrogens is 526 g/mol. The molecule has 0 aliphatic carbocycles. The average Bonchev–Trinajstić information content (AvgIpc) is 3.25. The van der Waals surface area contributed by atoms with Gasteiger partial charge >= 0.3 is 5.97 Å². The highest BCUT2D eigenvalue weighted by Crippen LogP contribution is 2.41. The molecule has 0 atom stereocenters. The number of H-pyrrole nitrogens is 1. The molecule has 0 bridgehead atoms. The van der Waals surface area contributed by atoms with E-state index in [-0.39, 0.29) is 61.0 Å². The van der Waals surface area contributed by atoms with E-state index in [0.717, 1.165) is 0 Å². The van der Waals surface area contributed by atoms with Crippen molar-refractivity contribution in [2.75, 3.05) is 18.4 Å². The van der Waals surface area contributed by atoms with Gasteiger partial charge in [-0.15, -0.1) is 0 Å². The van der Waals surface area contributed by atoms with E-state index in [9.17, 15) is 23.1 Å². The van der Waals surface area contributed by atoms with Crippen molar-refractivity contribution in [3.8, 4) is 0 Å². The summed E-state index contributed by atoms with van der Waals surface area (Å²) in [4.78, 5) is 18.6. The number of aliphatic carboxylic acids is 1. The van der Waals surface area contributed by atoms with E-state index in [1.165, 1.54) is 13.0 Å². The molecule has 12 heteroatoms. The molecular formula is C26H28ClF4N5O2. The summed E-state index contributed by atoms with van der Waals surface area (Å²) in [6.45, 7) is 4.45. The van der Waals surface area contributed by atoms with Crippen LogP contribution in [0.25, 0.3) is 0 Å². The van der Waals surface area contributed by atoms with E-state index in [2.05, 4.69) is 20.5 Å². The lowest BCUT2D eigenvalue weighted by atomic mass is 9.74. The summed E-state index contributed by atoms with van der Waals surface area (Å²) in [6.07, 6.45) is -0.192. The Hall–Kier alpha value is -3.18. The molecule has 0 saturated carbocycles. The number of carboxylic acids is 1. The van der Waals surface area contributed by atoms with Crippen LogP contribution in [0.4, 0.5) is 29.2 Å². The predicted octanol–water partition coefficient (Wildman–Crippen LogP) is 6.12. The maximum Gasteiger partial charge on any atom is 0.310 e. The molecule has 1 aliphatic rings. The van der Waals surface area contributed by atoms with Crippen LogP contribution >= 0.6 is 11.6 Å². The highest BCUT2D eigenvalue weighted by atomic mass is 35.5. The van der Waals surface area contributed by atoms with Gasteiger partial charge in [0.05, 0.1) is 21.7 Å². The number of carboxylic acid groups (broad SMARTS) is 1. The van der Waals surface area contributed by atoms with Gasteiger partial charge in [-0.1, -0.05) is 23.7 Å². The number of benzene rings is 1. The Balaban J connectivity index is 1.63. The zero-order valence-corrected chi connectivity index (χ0v) is 21.9. The summed E-state index contributed by atoms with van der Waals surface area (Å²) in [5, 5.41) is 19.7. The van der Waals surface area contributed by atoms with Crippen LogP contribution in [0.1, 0.15) is 47.8 Å². The number of aromatic nitrogens is 3. The smallest absolute Gasteiger partial charge is 0.310 e. The number of likely N-dealkylation sites (tertiary alicyclic amines) is 1. The number of rotatable bonds is 8. The Morgan fingerprint density at radius 1 is 1.24 bits per heavy atom. The molecule has 1 aliphatic heterocycles. The Kier molecular flexibility index (Phi) is 7.72. The molecule has 7 nitrogen and oxygen atoms in total. The third-order valence-electron chi connectivity index (χ3n) is 7.04. The SMILES string of the molecule is Cc1cc(Nc2nc(CC3(C(=O)O)CCN(Cc4cccc(Cl)c4F)CC3)c(F)c(C(C)(F)F)c2C)n[nH]1. The average molecular weight is 554 g/mol. The van der Waals surface area contributed by atoms with Crippen LogP contribution in [0.5, 0.6) is 0 Å². The number of carbonyl (C=O) groups is 1. The predicted molar refractivity (Wildman–Crippen MR) is 135 cm³/mol. The van der Waals surface area contributed by atoms with E-state index in [1.54, 1.807) is 25.1 Å². The van der Waals surface area contributed by atoms with Gasteiger partial charge in [-0.05, 0) is 45.8 Å². The molecule has 2 aromatic heterocycles. The van der Waals surface area contributed by atoms with E-state index in [1.807, 2.05) is 4.90 Å².